The molecule has 3 N–H and O–H groups in total. The Hall–Kier alpha value is -2.61. The molecule has 28 heavy (non-hydrogen) atoms. The van der Waals surface area contributed by atoms with Gasteiger partial charge in [-0.15, -0.1) is 0 Å². The van der Waals surface area contributed by atoms with Crippen molar-refractivity contribution in [2.45, 2.75) is 6.04 Å². The van der Waals surface area contributed by atoms with Gasteiger partial charge in [-0.2, -0.15) is 0 Å². The summed E-state index contributed by atoms with van der Waals surface area (Å²) in [6, 6.07) is 12.7. The molecule has 0 saturated carbocycles. The van der Waals surface area contributed by atoms with Crippen LogP contribution in [0.3, 0.4) is 0 Å². The summed E-state index contributed by atoms with van der Waals surface area (Å²) in [6.45, 7) is 3.30. The molecule has 2 aromatic carbocycles. The number of nitrogens with one attached hydrogen (secondary N) is 3. The summed E-state index contributed by atoms with van der Waals surface area (Å²) in [4.78, 5) is 31.7. The largest absolute Gasteiger partial charge is 0.379 e. The summed E-state index contributed by atoms with van der Waals surface area (Å²) >= 11 is 6.43. The molecule has 1 atom stereocenters. The first-order valence-electron chi connectivity index (χ1n) is 9.18. The number of halogens is 1. The molecule has 1 aliphatic rings. The molecule has 146 valence electrons. The molecule has 1 unspecified atom stereocenters. The second-order valence-electron chi connectivity index (χ2n) is 6.74. The van der Waals surface area contributed by atoms with Crippen molar-refractivity contribution in [2.24, 2.45) is 0 Å². The lowest BCUT2D eigenvalue weighted by Gasteiger charge is -2.35. The maximum absolute atomic E-state index is 12.7. The molecule has 0 radical (unpaired) electrons. The zero-order valence-electron chi connectivity index (χ0n) is 15.2. The Morgan fingerprint density at radius 1 is 1.14 bits per heavy atom. The number of hydrogen-bond acceptors (Lipinski definition) is 4. The van der Waals surface area contributed by atoms with Gasteiger partial charge in [0, 0.05) is 30.2 Å². The summed E-state index contributed by atoms with van der Waals surface area (Å²) in [5.74, 6) is -0.200. The molecule has 1 aliphatic heterocycles. The molecular weight excluding hydrogens is 380 g/mol. The fraction of sp³-hybridized carbons (Fsp3) is 0.300. The molecule has 3 aromatic rings. The van der Waals surface area contributed by atoms with E-state index in [1.54, 1.807) is 18.2 Å². The van der Waals surface area contributed by atoms with E-state index in [2.05, 4.69) is 20.2 Å². The zero-order valence-corrected chi connectivity index (χ0v) is 16.0. The van der Waals surface area contributed by atoms with Crippen molar-refractivity contribution in [3.05, 3.63) is 69.1 Å². The van der Waals surface area contributed by atoms with Crippen LogP contribution in [0.5, 0.6) is 0 Å². The Balaban J connectivity index is 1.53. The molecule has 1 fully saturated rings. The lowest BCUT2D eigenvalue weighted by Crippen LogP contribution is -2.44. The highest BCUT2D eigenvalue weighted by Crippen LogP contribution is 2.28. The zero-order chi connectivity index (χ0) is 19.5. The van der Waals surface area contributed by atoms with E-state index in [1.165, 1.54) is 0 Å². The predicted molar refractivity (Wildman–Crippen MR) is 108 cm³/mol. The van der Waals surface area contributed by atoms with Crippen molar-refractivity contribution >= 4 is 28.5 Å². The number of morpholine rings is 1. The Labute approximate surface area is 166 Å². The molecule has 0 spiro atoms. The van der Waals surface area contributed by atoms with Gasteiger partial charge in [0.2, 0.25) is 0 Å². The van der Waals surface area contributed by atoms with Gasteiger partial charge in [-0.1, -0.05) is 29.8 Å². The van der Waals surface area contributed by atoms with Crippen LogP contribution in [0.4, 0.5) is 0 Å². The van der Waals surface area contributed by atoms with Gasteiger partial charge >= 0.3 is 5.69 Å². The van der Waals surface area contributed by atoms with Crippen molar-refractivity contribution in [1.82, 2.24) is 20.2 Å². The fourth-order valence-corrected chi connectivity index (χ4v) is 3.80. The Bertz CT molecular complexity index is 1040. The van der Waals surface area contributed by atoms with Crippen molar-refractivity contribution in [3.8, 4) is 0 Å². The summed E-state index contributed by atoms with van der Waals surface area (Å²) in [5.41, 5.74) is 2.45. The average molecular weight is 401 g/mol. The van der Waals surface area contributed by atoms with Gasteiger partial charge in [-0.3, -0.25) is 9.69 Å². The summed E-state index contributed by atoms with van der Waals surface area (Å²) in [7, 11) is 0. The highest BCUT2D eigenvalue weighted by molar-refractivity contribution is 6.31. The van der Waals surface area contributed by atoms with Crippen LogP contribution >= 0.6 is 11.6 Å². The highest BCUT2D eigenvalue weighted by atomic mass is 35.5. The molecule has 2 heterocycles. The van der Waals surface area contributed by atoms with E-state index in [0.717, 1.165) is 18.7 Å². The van der Waals surface area contributed by atoms with Crippen LogP contribution in [0.2, 0.25) is 5.02 Å². The minimum atomic E-state index is -0.293. The minimum Gasteiger partial charge on any atom is -0.379 e. The first kappa shape index (κ1) is 18.7. The van der Waals surface area contributed by atoms with Gasteiger partial charge in [0.15, 0.2) is 0 Å². The predicted octanol–water partition coefficient (Wildman–Crippen LogP) is 2.31. The fourth-order valence-electron chi connectivity index (χ4n) is 3.54. The van der Waals surface area contributed by atoms with Crippen LogP contribution in [-0.4, -0.2) is 53.6 Å². The number of rotatable bonds is 5. The van der Waals surface area contributed by atoms with Gasteiger partial charge in [-0.05, 0) is 29.8 Å². The topological polar surface area (TPSA) is 90.2 Å². The minimum absolute atomic E-state index is 0.0441. The van der Waals surface area contributed by atoms with Crippen molar-refractivity contribution < 1.29 is 9.53 Å². The number of nitrogens with zero attached hydrogens (tertiary/aromatic N) is 1. The smallest absolute Gasteiger partial charge is 0.323 e. The molecule has 1 saturated heterocycles. The number of fused-ring (bicyclic) bond motifs is 1. The van der Waals surface area contributed by atoms with Crippen LogP contribution in [0.1, 0.15) is 22.0 Å². The van der Waals surface area contributed by atoms with Crippen molar-refractivity contribution in [1.29, 1.82) is 0 Å². The van der Waals surface area contributed by atoms with Gasteiger partial charge in [0.25, 0.3) is 5.91 Å². The quantitative estimate of drug-likeness (QED) is 0.613. The maximum Gasteiger partial charge on any atom is 0.323 e. The Kier molecular flexibility index (Phi) is 5.47. The molecule has 7 nitrogen and oxygen atoms in total. The number of benzene rings is 2. The summed E-state index contributed by atoms with van der Waals surface area (Å²) < 4.78 is 5.46. The van der Waals surface area contributed by atoms with Crippen LogP contribution < -0.4 is 11.0 Å². The second kappa shape index (κ2) is 8.18. The lowest BCUT2D eigenvalue weighted by atomic mass is 10.0. The van der Waals surface area contributed by atoms with Gasteiger partial charge in [-0.25, -0.2) is 4.79 Å². The Morgan fingerprint density at radius 2 is 1.89 bits per heavy atom. The van der Waals surface area contributed by atoms with Crippen LogP contribution in [0.15, 0.2) is 47.3 Å². The van der Waals surface area contributed by atoms with E-state index in [0.29, 0.717) is 41.4 Å². The standard InChI is InChI=1S/C20H21ClN4O3/c21-15-4-2-1-3-14(15)18(25-7-9-28-10-8-25)12-22-19(26)13-5-6-16-17(11-13)24-20(27)23-16/h1-6,11,18H,7-10,12H2,(H,22,26)(H2,23,24,27). The van der Waals surface area contributed by atoms with Crippen LogP contribution in [0.25, 0.3) is 11.0 Å². The second-order valence-corrected chi connectivity index (χ2v) is 7.14. The average Bonchev–Trinajstić information content (AvgIpc) is 3.09. The first-order chi connectivity index (χ1) is 13.6. The number of hydrogen-bond donors (Lipinski definition) is 3. The number of carbonyl (C=O) groups excluding carboxylic acids is 1. The number of imidazole rings is 1. The number of carbonyl (C=O) groups is 1. The normalized spacial score (nSPS) is 16.2. The number of H-pyrrole nitrogens is 2. The molecule has 4 rings (SSSR count). The van der Waals surface area contributed by atoms with Crippen LogP contribution in [-0.2, 0) is 4.74 Å². The molecule has 0 bridgehead atoms. The van der Waals surface area contributed by atoms with Gasteiger partial charge < -0.3 is 20.0 Å². The van der Waals surface area contributed by atoms with E-state index in [-0.39, 0.29) is 17.6 Å². The van der Waals surface area contributed by atoms with Gasteiger partial charge in [0.1, 0.15) is 0 Å². The maximum atomic E-state index is 12.7. The number of aromatic amines is 2. The third kappa shape index (κ3) is 3.96. The van der Waals surface area contributed by atoms with E-state index in [4.69, 9.17) is 16.3 Å². The third-order valence-electron chi connectivity index (χ3n) is 4.98. The van der Waals surface area contributed by atoms with Gasteiger partial charge in [0.05, 0.1) is 30.3 Å². The number of amides is 1. The van der Waals surface area contributed by atoms with E-state index < -0.39 is 0 Å². The van der Waals surface area contributed by atoms with E-state index in [9.17, 15) is 9.59 Å². The number of aromatic nitrogens is 2. The molecule has 1 amide bonds. The Morgan fingerprint density at radius 3 is 2.68 bits per heavy atom. The molecular formula is C20H21ClN4O3. The van der Waals surface area contributed by atoms with Crippen LogP contribution in [0, 0.1) is 0 Å². The highest BCUT2D eigenvalue weighted by Gasteiger charge is 2.25. The van der Waals surface area contributed by atoms with E-state index in [1.807, 2.05) is 24.3 Å². The SMILES string of the molecule is O=C(NCC(c1ccccc1Cl)N1CCOCC1)c1ccc2[nH]c(=O)[nH]c2c1. The number of ether oxygens (including phenoxy) is 1. The monoisotopic (exact) mass is 400 g/mol. The molecule has 1 aromatic heterocycles. The molecule has 8 heteroatoms. The first-order valence-corrected chi connectivity index (χ1v) is 9.56. The summed E-state index contributed by atoms with van der Waals surface area (Å²) in [6.07, 6.45) is 0. The lowest BCUT2D eigenvalue weighted by molar-refractivity contribution is 0.0162. The van der Waals surface area contributed by atoms with Crippen molar-refractivity contribution in [2.75, 3.05) is 32.8 Å². The molecule has 0 aliphatic carbocycles. The summed E-state index contributed by atoms with van der Waals surface area (Å²) in [5, 5.41) is 3.69. The van der Waals surface area contributed by atoms with Crippen molar-refractivity contribution in [3.63, 3.8) is 0 Å². The third-order valence-corrected chi connectivity index (χ3v) is 5.33. The van der Waals surface area contributed by atoms with E-state index >= 15 is 0 Å².